The highest BCUT2D eigenvalue weighted by Gasteiger charge is 2.30. The Bertz CT molecular complexity index is 735. The van der Waals surface area contributed by atoms with Gasteiger partial charge in [0.2, 0.25) is 0 Å². The van der Waals surface area contributed by atoms with Crippen molar-refractivity contribution in [2.75, 3.05) is 0 Å². The zero-order chi connectivity index (χ0) is 15.6. The van der Waals surface area contributed by atoms with Crippen molar-refractivity contribution in [1.82, 2.24) is 4.98 Å². The van der Waals surface area contributed by atoms with Gasteiger partial charge in [0.1, 0.15) is 0 Å². The average Bonchev–Trinajstić information content (AvgIpc) is 2.39. The van der Waals surface area contributed by atoms with Gasteiger partial charge < -0.3 is 10.1 Å². The van der Waals surface area contributed by atoms with Crippen molar-refractivity contribution in [3.05, 3.63) is 58.0 Å². The molecule has 2 N–H and O–H groups in total. The number of nitrogens with one attached hydrogen (secondary N) is 1. The summed E-state index contributed by atoms with van der Waals surface area (Å²) in [4.78, 5) is 24.7. The van der Waals surface area contributed by atoms with Gasteiger partial charge in [-0.05, 0) is 29.3 Å². The molecule has 0 saturated carbocycles. The molecule has 21 heavy (non-hydrogen) atoms. The maximum atomic E-state index is 12.7. The van der Waals surface area contributed by atoms with Crippen molar-refractivity contribution < 1.29 is 23.1 Å². The second-order valence-corrected chi connectivity index (χ2v) is 4.40. The number of aromatic nitrogens is 1. The smallest absolute Gasteiger partial charge is 0.416 e. The molecule has 0 bridgehead atoms. The monoisotopic (exact) mass is 297 g/mol. The SMILES string of the molecule is O=C(O)Cc1c[nH]c(=O)c(-c2cccc(C(F)(F)F)c2)c1. The normalized spacial score (nSPS) is 11.4. The van der Waals surface area contributed by atoms with E-state index in [1.54, 1.807) is 0 Å². The molecule has 0 aliphatic carbocycles. The van der Waals surface area contributed by atoms with Crippen LogP contribution in [0.3, 0.4) is 0 Å². The number of aromatic amines is 1. The van der Waals surface area contributed by atoms with Crippen LogP contribution in [0, 0.1) is 0 Å². The minimum atomic E-state index is -4.51. The molecule has 0 unspecified atom stereocenters. The van der Waals surface area contributed by atoms with Crippen LogP contribution in [0.4, 0.5) is 13.2 Å². The average molecular weight is 297 g/mol. The molecule has 0 aliphatic rings. The van der Waals surface area contributed by atoms with Gasteiger partial charge in [0.15, 0.2) is 0 Å². The van der Waals surface area contributed by atoms with Gasteiger partial charge in [-0.3, -0.25) is 9.59 Å². The van der Waals surface area contributed by atoms with Crippen LogP contribution in [0.25, 0.3) is 11.1 Å². The summed E-state index contributed by atoms with van der Waals surface area (Å²) in [6.45, 7) is 0. The first-order valence-electron chi connectivity index (χ1n) is 5.88. The standard InChI is InChI=1S/C14H10F3NO3/c15-14(16,17)10-3-1-2-9(6-10)11-4-8(5-12(19)20)7-18-13(11)21/h1-4,6-7H,5H2,(H,18,21)(H,19,20). The van der Waals surface area contributed by atoms with E-state index in [2.05, 4.69) is 4.98 Å². The first kappa shape index (κ1) is 14.8. The van der Waals surface area contributed by atoms with Crippen molar-refractivity contribution >= 4 is 5.97 Å². The Hall–Kier alpha value is -2.57. The second kappa shape index (κ2) is 5.43. The predicted molar refractivity (Wildman–Crippen MR) is 68.8 cm³/mol. The van der Waals surface area contributed by atoms with Gasteiger partial charge in [0.25, 0.3) is 5.56 Å². The molecule has 0 amide bonds. The quantitative estimate of drug-likeness (QED) is 0.915. The lowest BCUT2D eigenvalue weighted by atomic mass is 10.0. The zero-order valence-electron chi connectivity index (χ0n) is 10.6. The van der Waals surface area contributed by atoms with E-state index in [-0.39, 0.29) is 17.5 Å². The summed E-state index contributed by atoms with van der Waals surface area (Å²) in [5.41, 5.74) is -1.07. The predicted octanol–water partition coefficient (Wildman–Crippen LogP) is 2.69. The molecule has 110 valence electrons. The number of pyridine rings is 1. The van der Waals surface area contributed by atoms with E-state index < -0.39 is 23.3 Å². The van der Waals surface area contributed by atoms with Gasteiger partial charge in [-0.15, -0.1) is 0 Å². The summed E-state index contributed by atoms with van der Waals surface area (Å²) in [5, 5.41) is 8.71. The minimum absolute atomic E-state index is 0.000139. The van der Waals surface area contributed by atoms with E-state index in [4.69, 9.17) is 5.11 Å². The third kappa shape index (κ3) is 3.50. The zero-order valence-corrected chi connectivity index (χ0v) is 10.6. The third-order valence-corrected chi connectivity index (χ3v) is 2.82. The summed E-state index contributed by atoms with van der Waals surface area (Å²) in [5.74, 6) is -1.10. The summed E-state index contributed by atoms with van der Waals surface area (Å²) < 4.78 is 38.0. The molecule has 0 saturated heterocycles. The molecule has 0 radical (unpaired) electrons. The first-order valence-corrected chi connectivity index (χ1v) is 5.88. The molecule has 0 fully saturated rings. The van der Waals surface area contributed by atoms with Crippen molar-refractivity contribution in [1.29, 1.82) is 0 Å². The number of halogens is 3. The number of rotatable bonds is 3. The van der Waals surface area contributed by atoms with E-state index >= 15 is 0 Å². The number of carbonyl (C=O) groups is 1. The van der Waals surface area contributed by atoms with Gasteiger partial charge in [0, 0.05) is 11.8 Å². The Morgan fingerprint density at radius 1 is 1.24 bits per heavy atom. The first-order chi connectivity index (χ1) is 9.77. The topological polar surface area (TPSA) is 70.2 Å². The van der Waals surface area contributed by atoms with Crippen LogP contribution < -0.4 is 5.56 Å². The van der Waals surface area contributed by atoms with Crippen molar-refractivity contribution in [2.24, 2.45) is 0 Å². The fraction of sp³-hybridized carbons (Fsp3) is 0.143. The number of aliphatic carboxylic acids is 1. The molecular weight excluding hydrogens is 287 g/mol. The number of carboxylic acids is 1. The van der Waals surface area contributed by atoms with Crippen molar-refractivity contribution in [3.63, 3.8) is 0 Å². The maximum Gasteiger partial charge on any atom is 0.416 e. The van der Waals surface area contributed by atoms with Crippen LogP contribution in [0.2, 0.25) is 0 Å². The molecule has 1 heterocycles. The van der Waals surface area contributed by atoms with Crippen LogP contribution in [0.15, 0.2) is 41.3 Å². The van der Waals surface area contributed by atoms with E-state index in [9.17, 15) is 22.8 Å². The fourth-order valence-electron chi connectivity index (χ4n) is 1.88. The van der Waals surface area contributed by atoms with Gasteiger partial charge in [-0.2, -0.15) is 13.2 Å². The van der Waals surface area contributed by atoms with Crippen LogP contribution >= 0.6 is 0 Å². The molecule has 7 heteroatoms. The summed E-state index contributed by atoms with van der Waals surface area (Å²) in [6, 6.07) is 5.60. The van der Waals surface area contributed by atoms with Crippen LogP contribution in [0.1, 0.15) is 11.1 Å². The largest absolute Gasteiger partial charge is 0.481 e. The number of hydrogen-bond donors (Lipinski definition) is 2. The number of benzene rings is 1. The lowest BCUT2D eigenvalue weighted by molar-refractivity contribution is -0.138. The molecule has 2 rings (SSSR count). The highest BCUT2D eigenvalue weighted by molar-refractivity contribution is 5.71. The Morgan fingerprint density at radius 3 is 2.57 bits per heavy atom. The number of carboxylic acid groups (broad SMARTS) is 1. The number of alkyl halides is 3. The molecular formula is C14H10F3NO3. The van der Waals surface area contributed by atoms with E-state index in [1.165, 1.54) is 24.4 Å². The second-order valence-electron chi connectivity index (χ2n) is 4.40. The van der Waals surface area contributed by atoms with Crippen LogP contribution in [0.5, 0.6) is 0 Å². The molecule has 2 aromatic rings. The Kier molecular flexibility index (Phi) is 3.84. The number of H-pyrrole nitrogens is 1. The Labute approximate surface area is 116 Å². The highest BCUT2D eigenvalue weighted by Crippen LogP contribution is 2.31. The summed E-state index contributed by atoms with van der Waals surface area (Å²) in [7, 11) is 0. The third-order valence-electron chi connectivity index (χ3n) is 2.82. The number of hydrogen-bond acceptors (Lipinski definition) is 2. The molecule has 0 spiro atoms. The van der Waals surface area contributed by atoms with Gasteiger partial charge in [-0.1, -0.05) is 12.1 Å². The highest BCUT2D eigenvalue weighted by atomic mass is 19.4. The van der Waals surface area contributed by atoms with Gasteiger partial charge in [0.05, 0.1) is 12.0 Å². The van der Waals surface area contributed by atoms with Crippen molar-refractivity contribution in [3.8, 4) is 11.1 Å². The molecule has 1 aromatic carbocycles. The van der Waals surface area contributed by atoms with Crippen LogP contribution in [-0.2, 0) is 17.4 Å². The lowest BCUT2D eigenvalue weighted by Gasteiger charge is -2.09. The van der Waals surface area contributed by atoms with Crippen molar-refractivity contribution in [2.45, 2.75) is 12.6 Å². The lowest BCUT2D eigenvalue weighted by Crippen LogP contribution is -2.12. The van der Waals surface area contributed by atoms with Gasteiger partial charge in [-0.25, -0.2) is 0 Å². The van der Waals surface area contributed by atoms with E-state index in [0.717, 1.165) is 12.1 Å². The molecule has 0 aliphatic heterocycles. The summed E-state index contributed by atoms with van der Waals surface area (Å²) >= 11 is 0. The molecule has 0 atom stereocenters. The van der Waals surface area contributed by atoms with Gasteiger partial charge >= 0.3 is 12.1 Å². The Morgan fingerprint density at radius 2 is 1.95 bits per heavy atom. The minimum Gasteiger partial charge on any atom is -0.481 e. The molecule has 1 aromatic heterocycles. The van der Waals surface area contributed by atoms with Crippen LogP contribution in [-0.4, -0.2) is 16.1 Å². The molecule has 4 nitrogen and oxygen atoms in total. The van der Waals surface area contributed by atoms with E-state index in [0.29, 0.717) is 5.56 Å². The van der Waals surface area contributed by atoms with E-state index in [1.807, 2.05) is 0 Å². The maximum absolute atomic E-state index is 12.7. The summed E-state index contributed by atoms with van der Waals surface area (Å²) in [6.07, 6.45) is -3.61. The Balaban J connectivity index is 2.51. The fourth-order valence-corrected chi connectivity index (χ4v) is 1.88.